The predicted octanol–water partition coefficient (Wildman–Crippen LogP) is 0.708. The lowest BCUT2D eigenvalue weighted by molar-refractivity contribution is 0.285. The van der Waals surface area contributed by atoms with Gasteiger partial charge in [-0.3, -0.25) is 4.68 Å². The van der Waals surface area contributed by atoms with Crippen LogP contribution >= 0.6 is 0 Å². The smallest absolute Gasteiger partial charge is 0.0472 e. The van der Waals surface area contributed by atoms with Crippen LogP contribution in [0.3, 0.4) is 0 Å². The minimum atomic E-state index is 0.257. The third kappa shape index (κ3) is 1.96. The van der Waals surface area contributed by atoms with Gasteiger partial charge in [-0.15, -0.1) is 0 Å². The summed E-state index contributed by atoms with van der Waals surface area (Å²) in [5, 5.41) is 2.46. The highest BCUT2D eigenvalue weighted by molar-refractivity contribution is 5.29. The number of hydrogen-bond donors (Lipinski definition) is 1. The number of hydrogen-bond acceptors (Lipinski definition) is 3. The molecule has 1 atom stereocenters. The Labute approximate surface area is 103 Å². The maximum atomic E-state index is 6.17. The zero-order valence-electron chi connectivity index (χ0n) is 10.6. The summed E-state index contributed by atoms with van der Waals surface area (Å²) < 4.78 is 2.36. The standard InChI is InChI=1S/C13H22N4/c1-15-7-9-16(10-8-15)17-6-5-11-12(14)3-2-4-13(11)17/h5-6,12H,2-4,7-10,14H2,1H3. The van der Waals surface area contributed by atoms with Crippen molar-refractivity contribution in [3.05, 3.63) is 23.5 Å². The fraction of sp³-hybridized carbons (Fsp3) is 0.692. The van der Waals surface area contributed by atoms with E-state index in [9.17, 15) is 0 Å². The number of piperazine rings is 1. The summed E-state index contributed by atoms with van der Waals surface area (Å²) in [6.07, 6.45) is 5.76. The van der Waals surface area contributed by atoms with Crippen molar-refractivity contribution in [3.8, 4) is 0 Å². The van der Waals surface area contributed by atoms with Crippen molar-refractivity contribution in [2.75, 3.05) is 38.2 Å². The number of aromatic nitrogens is 1. The van der Waals surface area contributed by atoms with Crippen LogP contribution in [-0.2, 0) is 6.42 Å². The normalized spacial score (nSPS) is 26.0. The largest absolute Gasteiger partial charge is 0.324 e. The number of rotatable bonds is 1. The van der Waals surface area contributed by atoms with Crippen LogP contribution in [0.1, 0.15) is 30.1 Å². The van der Waals surface area contributed by atoms with Gasteiger partial charge in [-0.05, 0) is 37.9 Å². The van der Waals surface area contributed by atoms with Gasteiger partial charge in [0.05, 0.1) is 0 Å². The van der Waals surface area contributed by atoms with E-state index in [1.807, 2.05) is 0 Å². The van der Waals surface area contributed by atoms with Crippen molar-refractivity contribution in [3.63, 3.8) is 0 Å². The quantitative estimate of drug-likeness (QED) is 0.777. The maximum Gasteiger partial charge on any atom is 0.0472 e. The Bertz CT molecular complexity index is 390. The highest BCUT2D eigenvalue weighted by Gasteiger charge is 2.23. The van der Waals surface area contributed by atoms with E-state index in [1.165, 1.54) is 24.1 Å². The molecule has 2 heterocycles. The second-order valence-corrected chi connectivity index (χ2v) is 5.32. The lowest BCUT2D eigenvalue weighted by atomic mass is 9.94. The van der Waals surface area contributed by atoms with Crippen LogP contribution in [0.4, 0.5) is 0 Å². The van der Waals surface area contributed by atoms with E-state index in [1.54, 1.807) is 0 Å². The van der Waals surface area contributed by atoms with E-state index in [0.29, 0.717) is 0 Å². The van der Waals surface area contributed by atoms with Crippen molar-refractivity contribution in [1.82, 2.24) is 9.58 Å². The molecule has 1 aliphatic carbocycles. The first-order chi connectivity index (χ1) is 8.25. The lowest BCUT2D eigenvalue weighted by Gasteiger charge is -2.36. The second kappa shape index (κ2) is 4.35. The zero-order chi connectivity index (χ0) is 11.8. The Hall–Kier alpha value is -1.00. The van der Waals surface area contributed by atoms with Gasteiger partial charge in [-0.25, -0.2) is 0 Å². The monoisotopic (exact) mass is 234 g/mol. The van der Waals surface area contributed by atoms with E-state index in [0.717, 1.165) is 32.6 Å². The fourth-order valence-electron chi connectivity index (χ4n) is 2.99. The van der Waals surface area contributed by atoms with Crippen LogP contribution in [0, 0.1) is 0 Å². The Morgan fingerprint density at radius 2 is 2.00 bits per heavy atom. The van der Waals surface area contributed by atoms with Crippen molar-refractivity contribution in [2.45, 2.75) is 25.3 Å². The Morgan fingerprint density at radius 1 is 1.24 bits per heavy atom. The number of nitrogens with two attached hydrogens (primary N) is 1. The van der Waals surface area contributed by atoms with Crippen LogP contribution in [-0.4, -0.2) is 42.8 Å². The van der Waals surface area contributed by atoms with Crippen LogP contribution in [0.2, 0.25) is 0 Å². The molecule has 4 heteroatoms. The van der Waals surface area contributed by atoms with Gasteiger partial charge in [0.15, 0.2) is 0 Å². The van der Waals surface area contributed by atoms with Crippen LogP contribution in [0.5, 0.6) is 0 Å². The molecule has 0 bridgehead atoms. The summed E-state index contributed by atoms with van der Waals surface area (Å²) in [5.41, 5.74) is 8.99. The molecule has 1 unspecified atom stereocenters. The highest BCUT2D eigenvalue weighted by Crippen LogP contribution is 2.28. The molecule has 1 saturated heterocycles. The summed E-state index contributed by atoms with van der Waals surface area (Å²) >= 11 is 0. The molecule has 0 saturated carbocycles. The number of fused-ring (bicyclic) bond motifs is 1. The minimum absolute atomic E-state index is 0.257. The summed E-state index contributed by atoms with van der Waals surface area (Å²) in [5.74, 6) is 0. The Balaban J connectivity index is 1.84. The molecule has 17 heavy (non-hydrogen) atoms. The third-order valence-corrected chi connectivity index (χ3v) is 4.12. The molecule has 1 fully saturated rings. The molecule has 0 aromatic carbocycles. The number of likely N-dealkylation sites (N-methyl/N-ethyl adjacent to an activating group) is 1. The van der Waals surface area contributed by atoms with Crippen LogP contribution in [0.15, 0.2) is 12.3 Å². The van der Waals surface area contributed by atoms with Crippen molar-refractivity contribution in [2.24, 2.45) is 5.73 Å². The average Bonchev–Trinajstić information content (AvgIpc) is 2.75. The van der Waals surface area contributed by atoms with E-state index in [-0.39, 0.29) is 6.04 Å². The van der Waals surface area contributed by atoms with Crippen LogP contribution < -0.4 is 10.7 Å². The molecule has 3 rings (SSSR count). The molecule has 1 aromatic heterocycles. The van der Waals surface area contributed by atoms with Gasteiger partial charge in [0.25, 0.3) is 0 Å². The topological polar surface area (TPSA) is 37.4 Å². The molecular weight excluding hydrogens is 212 g/mol. The Kier molecular flexibility index (Phi) is 2.84. The van der Waals surface area contributed by atoms with Gasteiger partial charge in [-0.2, -0.15) is 0 Å². The van der Waals surface area contributed by atoms with Crippen molar-refractivity contribution < 1.29 is 0 Å². The molecular formula is C13H22N4. The Morgan fingerprint density at radius 3 is 2.76 bits per heavy atom. The highest BCUT2D eigenvalue weighted by atomic mass is 15.6. The van der Waals surface area contributed by atoms with Gasteiger partial charge in [0.2, 0.25) is 0 Å². The molecule has 0 radical (unpaired) electrons. The fourth-order valence-corrected chi connectivity index (χ4v) is 2.99. The molecule has 4 nitrogen and oxygen atoms in total. The third-order valence-electron chi connectivity index (χ3n) is 4.12. The van der Waals surface area contributed by atoms with E-state index in [4.69, 9.17) is 5.73 Å². The first-order valence-electron chi connectivity index (χ1n) is 6.65. The summed E-state index contributed by atoms with van der Waals surface area (Å²) in [6, 6.07) is 2.48. The molecule has 1 aliphatic heterocycles. The number of nitrogens with zero attached hydrogens (tertiary/aromatic N) is 3. The van der Waals surface area contributed by atoms with Crippen molar-refractivity contribution >= 4 is 0 Å². The van der Waals surface area contributed by atoms with Crippen molar-refractivity contribution in [1.29, 1.82) is 0 Å². The second-order valence-electron chi connectivity index (χ2n) is 5.32. The first kappa shape index (κ1) is 11.1. The van der Waals surface area contributed by atoms with E-state index >= 15 is 0 Å². The SMILES string of the molecule is CN1CCN(n2ccc3c2CCCC3N)CC1. The maximum absolute atomic E-state index is 6.17. The lowest BCUT2D eigenvalue weighted by Crippen LogP contribution is -2.50. The summed E-state index contributed by atoms with van der Waals surface area (Å²) in [4.78, 5) is 2.39. The van der Waals surface area contributed by atoms with Gasteiger partial charge < -0.3 is 15.6 Å². The average molecular weight is 234 g/mol. The van der Waals surface area contributed by atoms with Gasteiger partial charge in [0, 0.05) is 44.1 Å². The van der Waals surface area contributed by atoms with Crippen LogP contribution in [0.25, 0.3) is 0 Å². The van der Waals surface area contributed by atoms with Gasteiger partial charge >= 0.3 is 0 Å². The predicted molar refractivity (Wildman–Crippen MR) is 69.7 cm³/mol. The first-order valence-corrected chi connectivity index (χ1v) is 6.65. The van der Waals surface area contributed by atoms with Gasteiger partial charge in [0.1, 0.15) is 0 Å². The molecule has 1 aromatic rings. The summed E-state index contributed by atoms with van der Waals surface area (Å²) in [7, 11) is 2.19. The zero-order valence-corrected chi connectivity index (χ0v) is 10.6. The van der Waals surface area contributed by atoms with E-state index < -0.39 is 0 Å². The summed E-state index contributed by atoms with van der Waals surface area (Å²) in [6.45, 7) is 4.54. The molecule has 2 aliphatic rings. The molecule has 0 spiro atoms. The molecule has 2 N–H and O–H groups in total. The van der Waals surface area contributed by atoms with E-state index in [2.05, 4.69) is 33.9 Å². The van der Waals surface area contributed by atoms with Gasteiger partial charge in [-0.1, -0.05) is 0 Å². The minimum Gasteiger partial charge on any atom is -0.324 e. The molecule has 0 amide bonds. The molecule has 94 valence electrons.